The predicted molar refractivity (Wildman–Crippen MR) is 120 cm³/mol. The molecule has 0 bridgehead atoms. The van der Waals surface area contributed by atoms with Crippen LogP contribution in [0.1, 0.15) is 46.0 Å². The highest BCUT2D eigenvalue weighted by Crippen LogP contribution is 2.06. The molecule has 0 rings (SSSR count). The zero-order valence-electron chi connectivity index (χ0n) is 19.9. The first-order valence-corrected chi connectivity index (χ1v) is 11.4. The van der Waals surface area contributed by atoms with Crippen LogP contribution in [0.25, 0.3) is 0 Å². The SMILES string of the molecule is CC(=O)NCCOCCOCC(=O)CCCOCCOCC(=O)NCCCC[C@H](C)C(=O)O. The summed E-state index contributed by atoms with van der Waals surface area (Å²) in [5.41, 5.74) is 0. The zero-order chi connectivity index (χ0) is 24.7. The summed E-state index contributed by atoms with van der Waals surface area (Å²) in [5.74, 6) is -1.50. The van der Waals surface area contributed by atoms with E-state index >= 15 is 0 Å². The monoisotopic (exact) mass is 476 g/mol. The number of aliphatic carboxylic acids is 1. The number of amides is 2. The van der Waals surface area contributed by atoms with Gasteiger partial charge in [0, 0.05) is 33.0 Å². The van der Waals surface area contributed by atoms with Gasteiger partial charge in [0.2, 0.25) is 11.8 Å². The van der Waals surface area contributed by atoms with Crippen molar-refractivity contribution < 1.29 is 43.2 Å². The first kappa shape index (κ1) is 30.9. The third-order valence-electron chi connectivity index (χ3n) is 4.41. The molecule has 2 amide bonds. The van der Waals surface area contributed by atoms with Crippen LogP contribution in [-0.2, 0) is 38.1 Å². The van der Waals surface area contributed by atoms with Crippen molar-refractivity contribution in [2.24, 2.45) is 5.92 Å². The first-order chi connectivity index (χ1) is 15.8. The molecule has 0 aromatic carbocycles. The molecular formula is C22H40N2O9. The fourth-order valence-corrected chi connectivity index (χ4v) is 2.51. The molecule has 0 saturated heterocycles. The molecule has 11 heteroatoms. The van der Waals surface area contributed by atoms with E-state index < -0.39 is 5.97 Å². The van der Waals surface area contributed by atoms with Gasteiger partial charge in [-0.05, 0) is 19.3 Å². The summed E-state index contributed by atoms with van der Waals surface area (Å²) >= 11 is 0. The highest BCUT2D eigenvalue weighted by molar-refractivity contribution is 5.79. The largest absolute Gasteiger partial charge is 0.481 e. The number of ketones is 1. The molecule has 0 aromatic rings. The molecule has 0 aromatic heterocycles. The van der Waals surface area contributed by atoms with E-state index in [1.165, 1.54) is 6.92 Å². The summed E-state index contributed by atoms with van der Waals surface area (Å²) in [6.07, 6.45) is 3.00. The quantitative estimate of drug-likeness (QED) is 0.180. The lowest BCUT2D eigenvalue weighted by Gasteiger charge is -2.08. The molecule has 1 atom stereocenters. The third kappa shape index (κ3) is 22.9. The van der Waals surface area contributed by atoms with Crippen molar-refractivity contribution in [3.63, 3.8) is 0 Å². The third-order valence-corrected chi connectivity index (χ3v) is 4.41. The molecule has 0 heterocycles. The van der Waals surface area contributed by atoms with Crippen LogP contribution < -0.4 is 10.6 Å². The van der Waals surface area contributed by atoms with E-state index in [0.29, 0.717) is 65.4 Å². The van der Waals surface area contributed by atoms with E-state index in [4.69, 9.17) is 24.1 Å². The van der Waals surface area contributed by atoms with Gasteiger partial charge in [-0.1, -0.05) is 13.3 Å². The van der Waals surface area contributed by atoms with Crippen LogP contribution in [0.15, 0.2) is 0 Å². The number of hydrogen-bond donors (Lipinski definition) is 3. The topological polar surface area (TPSA) is 149 Å². The minimum atomic E-state index is -0.801. The average Bonchev–Trinajstić information content (AvgIpc) is 2.76. The van der Waals surface area contributed by atoms with Gasteiger partial charge in [0.15, 0.2) is 5.78 Å². The molecular weight excluding hydrogens is 436 g/mol. The summed E-state index contributed by atoms with van der Waals surface area (Å²) in [6, 6.07) is 0. The Labute approximate surface area is 195 Å². The van der Waals surface area contributed by atoms with Gasteiger partial charge in [-0.15, -0.1) is 0 Å². The Morgan fingerprint density at radius 3 is 2.06 bits per heavy atom. The van der Waals surface area contributed by atoms with E-state index in [1.54, 1.807) is 6.92 Å². The molecule has 192 valence electrons. The fourth-order valence-electron chi connectivity index (χ4n) is 2.51. The number of carbonyl (C=O) groups is 4. The number of hydrogen-bond acceptors (Lipinski definition) is 8. The van der Waals surface area contributed by atoms with Crippen LogP contribution in [0.3, 0.4) is 0 Å². The van der Waals surface area contributed by atoms with Crippen LogP contribution in [-0.4, -0.2) is 94.6 Å². The van der Waals surface area contributed by atoms with E-state index in [2.05, 4.69) is 10.6 Å². The van der Waals surface area contributed by atoms with Gasteiger partial charge in [-0.25, -0.2) is 0 Å². The number of carbonyl (C=O) groups excluding carboxylic acids is 3. The Morgan fingerprint density at radius 2 is 1.39 bits per heavy atom. The van der Waals surface area contributed by atoms with E-state index in [1.807, 2.05) is 0 Å². The number of rotatable bonds is 23. The number of Topliss-reactive ketones (excluding diaryl/α,β-unsaturated/α-hetero) is 1. The van der Waals surface area contributed by atoms with Gasteiger partial charge >= 0.3 is 5.97 Å². The van der Waals surface area contributed by atoms with Gasteiger partial charge < -0.3 is 34.7 Å². The lowest BCUT2D eigenvalue weighted by atomic mass is 10.0. The summed E-state index contributed by atoms with van der Waals surface area (Å²) in [6.45, 7) is 6.14. The maximum atomic E-state index is 11.7. The molecule has 0 aliphatic carbocycles. The fraction of sp³-hybridized carbons (Fsp3) is 0.818. The smallest absolute Gasteiger partial charge is 0.306 e. The minimum absolute atomic E-state index is 0.0119. The van der Waals surface area contributed by atoms with Gasteiger partial charge in [-0.3, -0.25) is 19.2 Å². The number of carboxylic acid groups (broad SMARTS) is 1. The highest BCUT2D eigenvalue weighted by Gasteiger charge is 2.09. The second kappa shape index (κ2) is 21.7. The van der Waals surface area contributed by atoms with Crippen LogP contribution >= 0.6 is 0 Å². The number of ether oxygens (including phenoxy) is 4. The lowest BCUT2D eigenvalue weighted by molar-refractivity contribution is -0.141. The van der Waals surface area contributed by atoms with Gasteiger partial charge in [0.05, 0.1) is 39.0 Å². The summed E-state index contributed by atoms with van der Waals surface area (Å²) in [4.78, 5) is 44.7. The van der Waals surface area contributed by atoms with Crippen LogP contribution in [0.5, 0.6) is 0 Å². The Balaban J connectivity index is 3.34. The van der Waals surface area contributed by atoms with Crippen molar-refractivity contribution in [3.05, 3.63) is 0 Å². The van der Waals surface area contributed by atoms with Crippen molar-refractivity contribution >= 4 is 23.6 Å². The standard InChI is InChI=1S/C22H40N2O9/c1-18(22(28)29)6-3-4-8-24-21(27)17-33-15-12-30-10-5-7-20(26)16-32-14-13-31-11-9-23-19(2)25/h18H,3-17H2,1-2H3,(H,23,25)(H,24,27)(H,28,29)/t18-/m0/s1. The van der Waals surface area contributed by atoms with Gasteiger partial charge in [0.25, 0.3) is 0 Å². The molecule has 0 saturated carbocycles. The molecule has 0 unspecified atom stereocenters. The first-order valence-electron chi connectivity index (χ1n) is 11.4. The van der Waals surface area contributed by atoms with Crippen molar-refractivity contribution in [1.29, 1.82) is 0 Å². The molecule has 11 nitrogen and oxygen atoms in total. The van der Waals surface area contributed by atoms with Crippen molar-refractivity contribution in [2.75, 3.05) is 65.9 Å². The Morgan fingerprint density at radius 1 is 0.758 bits per heavy atom. The van der Waals surface area contributed by atoms with Crippen molar-refractivity contribution in [2.45, 2.75) is 46.0 Å². The lowest BCUT2D eigenvalue weighted by Crippen LogP contribution is -2.29. The highest BCUT2D eigenvalue weighted by atomic mass is 16.5. The van der Waals surface area contributed by atoms with Crippen molar-refractivity contribution in [3.8, 4) is 0 Å². The average molecular weight is 477 g/mol. The summed E-state index contributed by atoms with van der Waals surface area (Å²) in [7, 11) is 0. The molecule has 3 N–H and O–H groups in total. The summed E-state index contributed by atoms with van der Waals surface area (Å²) < 4.78 is 21.1. The number of unbranched alkanes of at least 4 members (excludes halogenated alkanes) is 1. The zero-order valence-corrected chi connectivity index (χ0v) is 19.9. The molecule has 0 fully saturated rings. The maximum absolute atomic E-state index is 11.7. The van der Waals surface area contributed by atoms with E-state index in [0.717, 1.165) is 12.8 Å². The van der Waals surface area contributed by atoms with E-state index in [9.17, 15) is 19.2 Å². The predicted octanol–water partition coefficient (Wildman–Crippen LogP) is 0.545. The van der Waals surface area contributed by atoms with Crippen LogP contribution in [0.4, 0.5) is 0 Å². The normalized spacial score (nSPS) is 11.7. The number of carboxylic acids is 1. The Kier molecular flexibility index (Phi) is 20.4. The van der Waals surface area contributed by atoms with E-state index in [-0.39, 0.29) is 43.3 Å². The molecule has 33 heavy (non-hydrogen) atoms. The second-order valence-electron chi connectivity index (χ2n) is 7.54. The molecule has 0 aliphatic heterocycles. The van der Waals surface area contributed by atoms with Gasteiger partial charge in [0.1, 0.15) is 13.2 Å². The Bertz CT molecular complexity index is 558. The summed E-state index contributed by atoms with van der Waals surface area (Å²) in [5, 5.41) is 14.1. The van der Waals surface area contributed by atoms with Crippen LogP contribution in [0, 0.1) is 5.92 Å². The molecule has 0 spiro atoms. The number of nitrogens with one attached hydrogen (secondary N) is 2. The van der Waals surface area contributed by atoms with Gasteiger partial charge in [-0.2, -0.15) is 0 Å². The molecule has 0 aliphatic rings. The second-order valence-corrected chi connectivity index (χ2v) is 7.54. The van der Waals surface area contributed by atoms with Crippen LogP contribution in [0.2, 0.25) is 0 Å². The Hall–Kier alpha value is -2.08. The maximum Gasteiger partial charge on any atom is 0.306 e. The van der Waals surface area contributed by atoms with Crippen molar-refractivity contribution in [1.82, 2.24) is 10.6 Å². The molecule has 0 radical (unpaired) electrons. The minimum Gasteiger partial charge on any atom is -0.481 e.